The van der Waals surface area contributed by atoms with Gasteiger partial charge in [-0.1, -0.05) is 53.5 Å². The van der Waals surface area contributed by atoms with Crippen molar-refractivity contribution in [3.05, 3.63) is 69.2 Å². The van der Waals surface area contributed by atoms with Gasteiger partial charge in [0.05, 0.1) is 17.2 Å². The van der Waals surface area contributed by atoms with Crippen LogP contribution in [0, 0.1) is 11.3 Å². The van der Waals surface area contributed by atoms with Crippen molar-refractivity contribution in [3.63, 3.8) is 0 Å². The summed E-state index contributed by atoms with van der Waals surface area (Å²) in [7, 11) is 1.23. The Kier molecular flexibility index (Phi) is 7.88. The third-order valence-electron chi connectivity index (χ3n) is 3.55. The fourth-order valence-electron chi connectivity index (χ4n) is 2.18. The van der Waals surface area contributed by atoms with Gasteiger partial charge in [0.25, 0.3) is 5.91 Å². The Labute approximate surface area is 172 Å². The zero-order valence-corrected chi connectivity index (χ0v) is 16.4. The fourth-order valence-corrected chi connectivity index (χ4v) is 2.79. The minimum Gasteiger partial charge on any atom is -0.479 e. The van der Waals surface area contributed by atoms with E-state index in [1.165, 1.54) is 25.3 Å². The molecule has 2 aromatic rings. The van der Waals surface area contributed by atoms with Crippen molar-refractivity contribution in [2.24, 2.45) is 0 Å². The molecule has 2 rings (SSSR count). The highest BCUT2D eigenvalue weighted by atomic mass is 35.5. The summed E-state index contributed by atoms with van der Waals surface area (Å²) in [6, 6.07) is 14.1. The van der Waals surface area contributed by atoms with E-state index in [2.05, 4.69) is 10.1 Å². The molecule has 28 heavy (non-hydrogen) atoms. The van der Waals surface area contributed by atoms with Crippen LogP contribution in [0.4, 0.5) is 0 Å². The van der Waals surface area contributed by atoms with Crippen LogP contribution in [0.15, 0.2) is 48.0 Å². The first-order chi connectivity index (χ1) is 13.4. The van der Waals surface area contributed by atoms with E-state index < -0.39 is 11.9 Å². The molecular weight excluding hydrogens is 403 g/mol. The molecule has 0 radical (unpaired) electrons. The van der Waals surface area contributed by atoms with Crippen molar-refractivity contribution >= 4 is 41.2 Å². The van der Waals surface area contributed by atoms with E-state index in [1.807, 2.05) is 36.4 Å². The third-order valence-corrected chi connectivity index (χ3v) is 4.12. The van der Waals surface area contributed by atoms with Crippen molar-refractivity contribution in [3.8, 4) is 11.8 Å². The van der Waals surface area contributed by atoms with Crippen molar-refractivity contribution in [1.82, 2.24) is 5.32 Å². The number of hydrogen-bond donors (Lipinski definition) is 1. The number of benzene rings is 2. The molecule has 0 heterocycles. The lowest BCUT2D eigenvalue weighted by atomic mass is 10.1. The van der Waals surface area contributed by atoms with Gasteiger partial charge in [-0.15, -0.1) is 0 Å². The maximum Gasteiger partial charge on any atom is 0.343 e. The van der Waals surface area contributed by atoms with Crippen molar-refractivity contribution < 1.29 is 19.1 Å². The van der Waals surface area contributed by atoms with Crippen LogP contribution in [0.3, 0.4) is 0 Å². The average Bonchev–Trinajstić information content (AvgIpc) is 2.70. The van der Waals surface area contributed by atoms with E-state index in [0.29, 0.717) is 12.1 Å². The van der Waals surface area contributed by atoms with Crippen LogP contribution in [0.2, 0.25) is 10.0 Å². The van der Waals surface area contributed by atoms with Gasteiger partial charge in [-0.3, -0.25) is 4.79 Å². The maximum atomic E-state index is 12.3. The molecule has 0 aliphatic carbocycles. The van der Waals surface area contributed by atoms with Crippen molar-refractivity contribution in [2.75, 3.05) is 13.7 Å². The monoisotopic (exact) mass is 418 g/mol. The van der Waals surface area contributed by atoms with E-state index in [4.69, 9.17) is 27.9 Å². The van der Waals surface area contributed by atoms with Gasteiger partial charge in [0.1, 0.15) is 11.6 Å². The molecule has 0 spiro atoms. The van der Waals surface area contributed by atoms with Gasteiger partial charge in [0.15, 0.2) is 12.4 Å². The minimum atomic E-state index is -0.585. The second kappa shape index (κ2) is 10.4. The van der Waals surface area contributed by atoms with Crippen LogP contribution in [-0.4, -0.2) is 25.6 Å². The summed E-state index contributed by atoms with van der Waals surface area (Å²) in [5, 5.41) is 12.2. The highest BCUT2D eigenvalue weighted by Gasteiger charge is 2.14. The molecule has 0 aliphatic rings. The molecule has 0 saturated carbocycles. The number of nitrogens with one attached hydrogen (secondary N) is 1. The Bertz CT molecular complexity index is 914. The van der Waals surface area contributed by atoms with Crippen LogP contribution in [0.1, 0.15) is 11.1 Å². The number of methoxy groups -OCH3 is 1. The lowest BCUT2D eigenvalue weighted by Crippen LogP contribution is -2.23. The van der Waals surface area contributed by atoms with E-state index >= 15 is 0 Å². The molecule has 0 atom stereocenters. The summed E-state index contributed by atoms with van der Waals surface area (Å²) in [5.74, 6) is -1.000. The Morgan fingerprint density at radius 2 is 1.82 bits per heavy atom. The number of halogens is 2. The summed E-state index contributed by atoms with van der Waals surface area (Å²) in [4.78, 5) is 23.4. The molecule has 8 heteroatoms. The zero-order chi connectivity index (χ0) is 20.5. The molecule has 0 unspecified atom stereocenters. The molecule has 6 nitrogen and oxygen atoms in total. The topological polar surface area (TPSA) is 88.4 Å². The summed E-state index contributed by atoms with van der Waals surface area (Å²) >= 11 is 12.3. The van der Waals surface area contributed by atoms with Crippen LogP contribution >= 0.6 is 23.2 Å². The molecule has 1 N–H and O–H groups in total. The Balaban J connectivity index is 2.13. The molecular formula is C20H16Cl2N2O4. The van der Waals surface area contributed by atoms with Gasteiger partial charge in [-0.2, -0.15) is 5.26 Å². The second-order valence-corrected chi connectivity index (χ2v) is 6.33. The summed E-state index contributed by atoms with van der Waals surface area (Å²) < 4.78 is 9.72. The first-order valence-corrected chi connectivity index (χ1v) is 8.82. The number of amides is 1. The predicted octanol–water partition coefficient (Wildman–Crippen LogP) is 3.77. The molecule has 2 aromatic carbocycles. The minimum absolute atomic E-state index is 0.105. The first kappa shape index (κ1) is 21.3. The van der Waals surface area contributed by atoms with Crippen molar-refractivity contribution in [1.29, 1.82) is 5.26 Å². The predicted molar refractivity (Wildman–Crippen MR) is 106 cm³/mol. The molecule has 0 saturated heterocycles. The second-order valence-electron chi connectivity index (χ2n) is 5.52. The summed E-state index contributed by atoms with van der Waals surface area (Å²) in [6.07, 6.45) is 1.36. The highest BCUT2D eigenvalue weighted by Crippen LogP contribution is 2.34. The fraction of sp³-hybridized carbons (Fsp3) is 0.150. The van der Waals surface area contributed by atoms with Crippen LogP contribution in [0.25, 0.3) is 6.08 Å². The molecule has 144 valence electrons. The highest BCUT2D eigenvalue weighted by molar-refractivity contribution is 6.37. The SMILES string of the molecule is COC(=O)COc1c(Cl)cc(/C=C(/C#N)C(=O)NCc2ccccc2)cc1Cl. The Hall–Kier alpha value is -3.01. The van der Waals surface area contributed by atoms with E-state index in [9.17, 15) is 14.9 Å². The lowest BCUT2D eigenvalue weighted by Gasteiger charge is -2.10. The third kappa shape index (κ3) is 6.02. The van der Waals surface area contributed by atoms with Crippen LogP contribution < -0.4 is 10.1 Å². The maximum absolute atomic E-state index is 12.3. The molecule has 1 amide bonds. The number of ether oxygens (including phenoxy) is 2. The van der Waals surface area contributed by atoms with Crippen LogP contribution in [0.5, 0.6) is 5.75 Å². The van der Waals surface area contributed by atoms with Gasteiger partial charge in [-0.05, 0) is 29.3 Å². The normalized spacial score (nSPS) is 10.7. The summed E-state index contributed by atoms with van der Waals surface area (Å²) in [5.41, 5.74) is 1.24. The van der Waals surface area contributed by atoms with E-state index in [-0.39, 0.29) is 28.0 Å². The number of esters is 1. The number of carbonyl (C=O) groups is 2. The first-order valence-electron chi connectivity index (χ1n) is 8.07. The number of nitriles is 1. The molecule has 0 fully saturated rings. The van der Waals surface area contributed by atoms with Crippen LogP contribution in [-0.2, 0) is 20.9 Å². The van der Waals surface area contributed by atoms with Gasteiger partial charge in [-0.25, -0.2) is 4.79 Å². The lowest BCUT2D eigenvalue weighted by molar-refractivity contribution is -0.142. The quantitative estimate of drug-likeness (QED) is 0.419. The van der Waals surface area contributed by atoms with Crippen molar-refractivity contribution in [2.45, 2.75) is 6.54 Å². The van der Waals surface area contributed by atoms with Gasteiger partial charge in [0.2, 0.25) is 0 Å². The number of rotatable bonds is 7. The standard InChI is InChI=1S/C20H16Cl2N2O4/c1-27-18(25)12-28-19-16(21)8-14(9-17(19)22)7-15(10-23)20(26)24-11-13-5-3-2-4-6-13/h2-9H,11-12H2,1H3,(H,24,26)/b15-7-. The molecule has 0 aliphatic heterocycles. The van der Waals surface area contributed by atoms with Gasteiger partial charge in [0, 0.05) is 6.54 Å². The number of carbonyl (C=O) groups excluding carboxylic acids is 2. The van der Waals surface area contributed by atoms with Gasteiger partial charge < -0.3 is 14.8 Å². The largest absolute Gasteiger partial charge is 0.479 e. The zero-order valence-electron chi connectivity index (χ0n) is 14.9. The summed E-state index contributed by atoms with van der Waals surface area (Å²) in [6.45, 7) is -0.0586. The van der Waals surface area contributed by atoms with E-state index in [1.54, 1.807) is 0 Å². The average molecular weight is 419 g/mol. The number of nitrogens with zero attached hydrogens (tertiary/aromatic N) is 1. The number of hydrogen-bond acceptors (Lipinski definition) is 5. The smallest absolute Gasteiger partial charge is 0.343 e. The molecule has 0 bridgehead atoms. The van der Waals surface area contributed by atoms with E-state index in [0.717, 1.165) is 5.56 Å². The van der Waals surface area contributed by atoms with Gasteiger partial charge >= 0.3 is 5.97 Å². The molecule has 0 aromatic heterocycles. The Morgan fingerprint density at radius 3 is 2.39 bits per heavy atom. The Morgan fingerprint density at radius 1 is 1.18 bits per heavy atom.